The van der Waals surface area contributed by atoms with Crippen LogP contribution in [0.1, 0.15) is 49.3 Å². The monoisotopic (exact) mass is 371 g/mol. The molecule has 0 aromatic heterocycles. The average molecular weight is 371 g/mol. The highest BCUT2D eigenvalue weighted by Gasteiger charge is 2.38. The van der Waals surface area contributed by atoms with Gasteiger partial charge in [0.25, 0.3) is 0 Å². The average Bonchev–Trinajstić information content (AvgIpc) is 2.88. The molecule has 3 atom stereocenters. The SMILES string of the molecule is CN1[C@@H]2CC[C@H]1CC(CCOC(c1ccc(F)cc1)c1ccc(F)cc1)C2. The predicted octanol–water partition coefficient (Wildman–Crippen LogP) is 5.33. The largest absolute Gasteiger partial charge is 0.369 e. The van der Waals surface area contributed by atoms with Crippen LogP contribution in [0.3, 0.4) is 0 Å². The van der Waals surface area contributed by atoms with E-state index in [1.54, 1.807) is 24.3 Å². The third-order valence-corrected chi connectivity index (χ3v) is 6.35. The number of benzene rings is 2. The molecule has 0 N–H and O–H groups in total. The summed E-state index contributed by atoms with van der Waals surface area (Å²) in [4.78, 5) is 2.55. The molecule has 2 saturated heterocycles. The van der Waals surface area contributed by atoms with Crippen molar-refractivity contribution < 1.29 is 13.5 Å². The minimum absolute atomic E-state index is 0.265. The minimum Gasteiger partial charge on any atom is -0.369 e. The number of fused-ring (bicyclic) bond motifs is 2. The Hall–Kier alpha value is -1.78. The molecule has 2 aliphatic heterocycles. The summed E-state index contributed by atoms with van der Waals surface area (Å²) in [5.74, 6) is 0.178. The Morgan fingerprint density at radius 3 is 1.85 bits per heavy atom. The van der Waals surface area contributed by atoms with Crippen LogP contribution in [0.25, 0.3) is 0 Å². The number of ether oxygens (including phenoxy) is 1. The van der Waals surface area contributed by atoms with E-state index < -0.39 is 0 Å². The van der Waals surface area contributed by atoms with E-state index in [-0.39, 0.29) is 17.7 Å². The highest BCUT2D eigenvalue weighted by Crippen LogP contribution is 2.39. The van der Waals surface area contributed by atoms with Gasteiger partial charge >= 0.3 is 0 Å². The Morgan fingerprint density at radius 2 is 1.37 bits per heavy atom. The van der Waals surface area contributed by atoms with Crippen LogP contribution in [-0.4, -0.2) is 30.6 Å². The van der Waals surface area contributed by atoms with Crippen molar-refractivity contribution in [1.29, 1.82) is 0 Å². The van der Waals surface area contributed by atoms with Gasteiger partial charge in [-0.3, -0.25) is 0 Å². The molecule has 0 saturated carbocycles. The molecule has 2 bridgehead atoms. The molecule has 2 aromatic carbocycles. The third kappa shape index (κ3) is 4.22. The standard InChI is InChI=1S/C23H27F2NO/c1-26-21-10-11-22(26)15-16(14-21)12-13-27-23(17-2-6-19(24)7-3-17)18-4-8-20(25)9-5-18/h2-9,16,21-23H,10-15H2,1H3/t16?,21-,22+. The third-order valence-electron chi connectivity index (χ3n) is 6.35. The van der Waals surface area contributed by atoms with Crippen molar-refractivity contribution in [3.05, 3.63) is 71.3 Å². The van der Waals surface area contributed by atoms with E-state index in [4.69, 9.17) is 4.74 Å². The summed E-state index contributed by atoms with van der Waals surface area (Å²) in [6, 6.07) is 14.3. The van der Waals surface area contributed by atoms with Gasteiger partial charge in [-0.2, -0.15) is 0 Å². The van der Waals surface area contributed by atoms with Gasteiger partial charge in [-0.15, -0.1) is 0 Å². The Balaban J connectivity index is 1.42. The number of hydrogen-bond acceptors (Lipinski definition) is 2. The van der Waals surface area contributed by atoms with Gasteiger partial charge in [0.2, 0.25) is 0 Å². The van der Waals surface area contributed by atoms with Gasteiger partial charge in [0.15, 0.2) is 0 Å². The molecule has 0 radical (unpaired) electrons. The molecule has 0 spiro atoms. The molecular formula is C23H27F2NO. The lowest BCUT2D eigenvalue weighted by atomic mass is 9.89. The number of nitrogens with zero attached hydrogens (tertiary/aromatic N) is 1. The van der Waals surface area contributed by atoms with Crippen molar-refractivity contribution in [1.82, 2.24) is 4.90 Å². The summed E-state index contributed by atoms with van der Waals surface area (Å²) in [5, 5.41) is 0. The maximum Gasteiger partial charge on any atom is 0.123 e. The van der Waals surface area contributed by atoms with Gasteiger partial charge in [-0.25, -0.2) is 8.78 Å². The zero-order valence-electron chi connectivity index (χ0n) is 15.8. The van der Waals surface area contributed by atoms with Crippen LogP contribution in [0.4, 0.5) is 8.78 Å². The Morgan fingerprint density at radius 1 is 0.889 bits per heavy atom. The molecule has 2 aromatic rings. The lowest BCUT2D eigenvalue weighted by molar-refractivity contribution is 0.0522. The Labute approximate surface area is 160 Å². The van der Waals surface area contributed by atoms with Crippen LogP contribution in [0.5, 0.6) is 0 Å². The fourth-order valence-corrected chi connectivity index (χ4v) is 4.77. The molecule has 2 aliphatic rings. The van der Waals surface area contributed by atoms with Crippen LogP contribution >= 0.6 is 0 Å². The highest BCUT2D eigenvalue weighted by molar-refractivity contribution is 5.30. The van der Waals surface area contributed by atoms with Gasteiger partial charge in [-0.1, -0.05) is 24.3 Å². The molecule has 27 heavy (non-hydrogen) atoms. The molecule has 0 amide bonds. The van der Waals surface area contributed by atoms with Crippen molar-refractivity contribution in [2.45, 2.75) is 50.3 Å². The Kier molecular flexibility index (Phi) is 5.55. The maximum atomic E-state index is 13.3. The van der Waals surface area contributed by atoms with E-state index >= 15 is 0 Å². The first-order valence-electron chi connectivity index (χ1n) is 9.94. The van der Waals surface area contributed by atoms with Crippen molar-refractivity contribution in [3.63, 3.8) is 0 Å². The topological polar surface area (TPSA) is 12.5 Å². The minimum atomic E-state index is -0.297. The van der Waals surface area contributed by atoms with Crippen LogP contribution < -0.4 is 0 Å². The summed E-state index contributed by atoms with van der Waals surface area (Å²) < 4.78 is 32.9. The van der Waals surface area contributed by atoms with Gasteiger partial charge in [0.05, 0.1) is 0 Å². The van der Waals surface area contributed by atoms with E-state index in [1.807, 2.05) is 0 Å². The van der Waals surface area contributed by atoms with E-state index in [1.165, 1.54) is 49.9 Å². The number of piperidine rings is 1. The maximum absolute atomic E-state index is 13.3. The molecule has 1 unspecified atom stereocenters. The van der Waals surface area contributed by atoms with Gasteiger partial charge in [-0.05, 0) is 80.5 Å². The van der Waals surface area contributed by atoms with Gasteiger partial charge in [0.1, 0.15) is 17.7 Å². The van der Waals surface area contributed by atoms with Crippen LogP contribution in [-0.2, 0) is 4.74 Å². The van der Waals surface area contributed by atoms with Crippen molar-refractivity contribution in [2.75, 3.05) is 13.7 Å². The zero-order chi connectivity index (χ0) is 18.8. The summed E-state index contributed by atoms with van der Waals surface area (Å²) in [5.41, 5.74) is 1.79. The second-order valence-corrected chi connectivity index (χ2v) is 8.03. The lowest BCUT2D eigenvalue weighted by Gasteiger charge is -2.36. The van der Waals surface area contributed by atoms with Crippen molar-refractivity contribution in [3.8, 4) is 0 Å². The van der Waals surface area contributed by atoms with Crippen LogP contribution in [0.2, 0.25) is 0 Å². The zero-order valence-corrected chi connectivity index (χ0v) is 15.8. The summed E-state index contributed by atoms with van der Waals surface area (Å²) >= 11 is 0. The van der Waals surface area contributed by atoms with Crippen LogP contribution in [0.15, 0.2) is 48.5 Å². The van der Waals surface area contributed by atoms with E-state index in [9.17, 15) is 8.78 Å². The molecule has 2 fully saturated rings. The second kappa shape index (κ2) is 8.07. The summed E-state index contributed by atoms with van der Waals surface area (Å²) in [7, 11) is 2.26. The molecule has 2 nitrogen and oxygen atoms in total. The molecule has 144 valence electrons. The fourth-order valence-electron chi connectivity index (χ4n) is 4.77. The number of hydrogen-bond donors (Lipinski definition) is 0. The smallest absolute Gasteiger partial charge is 0.123 e. The summed E-state index contributed by atoms with van der Waals surface area (Å²) in [6.07, 6.45) is 5.91. The van der Waals surface area contributed by atoms with Gasteiger partial charge < -0.3 is 9.64 Å². The Bertz CT molecular complexity index is 686. The van der Waals surface area contributed by atoms with Crippen LogP contribution in [0, 0.1) is 17.6 Å². The predicted molar refractivity (Wildman–Crippen MR) is 103 cm³/mol. The van der Waals surface area contributed by atoms with Crippen molar-refractivity contribution in [2.24, 2.45) is 5.92 Å². The first-order valence-corrected chi connectivity index (χ1v) is 9.94. The summed E-state index contributed by atoms with van der Waals surface area (Å²) in [6.45, 7) is 0.660. The highest BCUT2D eigenvalue weighted by atomic mass is 19.1. The molecule has 4 rings (SSSR count). The number of halogens is 2. The normalized spacial score (nSPS) is 25.3. The fraction of sp³-hybridized carbons (Fsp3) is 0.478. The molecule has 2 heterocycles. The van der Waals surface area contributed by atoms with E-state index in [0.29, 0.717) is 12.5 Å². The van der Waals surface area contributed by atoms with Crippen molar-refractivity contribution >= 4 is 0 Å². The van der Waals surface area contributed by atoms with E-state index in [2.05, 4.69) is 11.9 Å². The molecular weight excluding hydrogens is 344 g/mol. The quantitative estimate of drug-likeness (QED) is 0.680. The molecule has 0 aliphatic carbocycles. The van der Waals surface area contributed by atoms with E-state index in [0.717, 1.165) is 29.6 Å². The molecule has 4 heteroatoms. The lowest BCUT2D eigenvalue weighted by Crippen LogP contribution is -2.40. The van der Waals surface area contributed by atoms with Gasteiger partial charge in [0, 0.05) is 18.7 Å². The first-order chi connectivity index (χ1) is 13.1. The number of rotatable bonds is 6. The second-order valence-electron chi connectivity index (χ2n) is 8.03. The first kappa shape index (κ1) is 18.6.